The van der Waals surface area contributed by atoms with Gasteiger partial charge >= 0.3 is 0 Å². The predicted molar refractivity (Wildman–Crippen MR) is 63.2 cm³/mol. The molecule has 1 rings (SSSR count). The highest BCUT2D eigenvalue weighted by Gasteiger charge is 2.20. The van der Waals surface area contributed by atoms with Crippen LogP contribution < -0.4 is 5.73 Å². The molecule has 0 aromatic carbocycles. The Balaban J connectivity index is 2.33. The van der Waals surface area contributed by atoms with Crippen molar-refractivity contribution in [3.63, 3.8) is 0 Å². The van der Waals surface area contributed by atoms with Gasteiger partial charge in [0.1, 0.15) is 0 Å². The molecular weight excluding hydrogens is 170 g/mol. The molecule has 1 aliphatic rings. The summed E-state index contributed by atoms with van der Waals surface area (Å²) in [5, 5.41) is 0. The van der Waals surface area contributed by atoms with Crippen molar-refractivity contribution in [1.82, 2.24) is 0 Å². The van der Waals surface area contributed by atoms with Gasteiger partial charge in [-0.3, -0.25) is 0 Å². The molecule has 0 spiro atoms. The summed E-state index contributed by atoms with van der Waals surface area (Å²) in [5.41, 5.74) is 7.09. The molecule has 1 aliphatic carbocycles. The van der Waals surface area contributed by atoms with E-state index in [0.717, 1.165) is 24.8 Å². The summed E-state index contributed by atoms with van der Waals surface area (Å²) >= 11 is 0. The van der Waals surface area contributed by atoms with E-state index in [0.29, 0.717) is 0 Å². The van der Waals surface area contributed by atoms with Crippen molar-refractivity contribution < 1.29 is 0 Å². The molecular formula is C13H25N. The largest absolute Gasteiger partial charge is 0.330 e. The number of rotatable bonds is 4. The average molecular weight is 195 g/mol. The average Bonchev–Trinajstić information content (AvgIpc) is 2.26. The lowest BCUT2D eigenvalue weighted by molar-refractivity contribution is 0.294. The summed E-state index contributed by atoms with van der Waals surface area (Å²) < 4.78 is 0. The van der Waals surface area contributed by atoms with Crippen molar-refractivity contribution in [3.8, 4) is 0 Å². The van der Waals surface area contributed by atoms with Gasteiger partial charge in [-0.25, -0.2) is 0 Å². The highest BCUT2D eigenvalue weighted by atomic mass is 14.5. The Morgan fingerprint density at radius 3 is 2.43 bits per heavy atom. The molecule has 0 aromatic rings. The highest BCUT2D eigenvalue weighted by Crippen LogP contribution is 2.34. The predicted octanol–water partition coefficient (Wildman–Crippen LogP) is 3.50. The monoisotopic (exact) mass is 195 g/mol. The molecule has 1 heteroatoms. The quantitative estimate of drug-likeness (QED) is 0.683. The molecule has 0 unspecified atom stereocenters. The van der Waals surface area contributed by atoms with Gasteiger partial charge in [0, 0.05) is 0 Å². The molecule has 1 saturated carbocycles. The van der Waals surface area contributed by atoms with E-state index in [9.17, 15) is 0 Å². The van der Waals surface area contributed by atoms with E-state index in [1.54, 1.807) is 5.57 Å². The van der Waals surface area contributed by atoms with Gasteiger partial charge < -0.3 is 5.73 Å². The van der Waals surface area contributed by atoms with Gasteiger partial charge in [-0.2, -0.15) is 0 Å². The van der Waals surface area contributed by atoms with Crippen LogP contribution in [-0.2, 0) is 0 Å². The molecule has 82 valence electrons. The number of hydrogen-bond donors (Lipinski definition) is 1. The van der Waals surface area contributed by atoms with Crippen molar-refractivity contribution in [3.05, 3.63) is 11.6 Å². The molecule has 0 aliphatic heterocycles. The first-order valence-corrected chi connectivity index (χ1v) is 6.14. The van der Waals surface area contributed by atoms with E-state index in [1.807, 2.05) is 0 Å². The van der Waals surface area contributed by atoms with Crippen molar-refractivity contribution in [2.45, 2.75) is 52.4 Å². The minimum atomic E-state index is 0.793. The molecule has 0 atom stereocenters. The van der Waals surface area contributed by atoms with Crippen molar-refractivity contribution >= 4 is 0 Å². The first-order chi connectivity index (χ1) is 6.77. The van der Waals surface area contributed by atoms with Crippen molar-refractivity contribution in [2.24, 2.45) is 17.6 Å². The van der Waals surface area contributed by atoms with Crippen LogP contribution in [0.4, 0.5) is 0 Å². The number of allylic oxidation sites excluding steroid dienone is 1. The van der Waals surface area contributed by atoms with Crippen LogP contribution in [0, 0.1) is 11.8 Å². The van der Waals surface area contributed by atoms with Gasteiger partial charge in [-0.15, -0.1) is 0 Å². The summed E-state index contributed by atoms with van der Waals surface area (Å²) in [5.74, 6) is 1.87. The van der Waals surface area contributed by atoms with Gasteiger partial charge in [0.2, 0.25) is 0 Å². The minimum absolute atomic E-state index is 0.793. The van der Waals surface area contributed by atoms with Crippen LogP contribution >= 0.6 is 0 Å². The lowest BCUT2D eigenvalue weighted by Crippen LogP contribution is -2.15. The van der Waals surface area contributed by atoms with Gasteiger partial charge in [-0.05, 0) is 57.4 Å². The maximum atomic E-state index is 5.51. The van der Waals surface area contributed by atoms with Crippen molar-refractivity contribution in [1.29, 1.82) is 0 Å². The van der Waals surface area contributed by atoms with Crippen molar-refractivity contribution in [2.75, 3.05) is 6.54 Å². The normalized spacial score (nSPS) is 29.2. The zero-order valence-corrected chi connectivity index (χ0v) is 9.76. The summed E-state index contributed by atoms with van der Waals surface area (Å²) in [7, 11) is 0. The van der Waals surface area contributed by atoms with Gasteiger partial charge in [-0.1, -0.05) is 25.0 Å². The second-order valence-electron chi connectivity index (χ2n) is 4.65. The third kappa shape index (κ3) is 3.45. The van der Waals surface area contributed by atoms with Crippen LogP contribution in [0.3, 0.4) is 0 Å². The molecule has 0 bridgehead atoms. The van der Waals surface area contributed by atoms with Crippen LogP contribution in [0.25, 0.3) is 0 Å². The lowest BCUT2D eigenvalue weighted by Gasteiger charge is -2.28. The lowest BCUT2D eigenvalue weighted by atomic mass is 9.78. The van der Waals surface area contributed by atoms with Crippen LogP contribution in [0.15, 0.2) is 11.6 Å². The van der Waals surface area contributed by atoms with E-state index in [1.165, 1.54) is 32.1 Å². The van der Waals surface area contributed by atoms with E-state index in [2.05, 4.69) is 19.9 Å². The fourth-order valence-electron chi connectivity index (χ4n) is 2.50. The van der Waals surface area contributed by atoms with E-state index in [-0.39, 0.29) is 0 Å². The maximum Gasteiger partial charge on any atom is -0.00425 e. The summed E-state index contributed by atoms with van der Waals surface area (Å²) in [6.07, 6.45) is 10.5. The standard InChI is InChI=1S/C13H25N/c1-3-12-6-8-13(9-7-12)11(2)5-4-10-14/h5,12-13H,3-4,6-10,14H2,1-2H3. The molecule has 14 heavy (non-hydrogen) atoms. The maximum absolute atomic E-state index is 5.51. The third-order valence-electron chi connectivity index (χ3n) is 3.70. The first-order valence-electron chi connectivity index (χ1n) is 6.14. The van der Waals surface area contributed by atoms with Crippen LogP contribution in [0.1, 0.15) is 52.4 Å². The smallest absolute Gasteiger partial charge is 0.00425 e. The highest BCUT2D eigenvalue weighted by molar-refractivity contribution is 5.04. The fourth-order valence-corrected chi connectivity index (χ4v) is 2.50. The van der Waals surface area contributed by atoms with E-state index < -0.39 is 0 Å². The first kappa shape index (κ1) is 11.8. The molecule has 1 nitrogen and oxygen atoms in total. The van der Waals surface area contributed by atoms with Gasteiger partial charge in [0.15, 0.2) is 0 Å². The molecule has 0 aromatic heterocycles. The summed E-state index contributed by atoms with van der Waals surface area (Å²) in [6.45, 7) is 5.40. The number of hydrogen-bond acceptors (Lipinski definition) is 1. The summed E-state index contributed by atoms with van der Waals surface area (Å²) in [4.78, 5) is 0. The topological polar surface area (TPSA) is 26.0 Å². The molecule has 0 heterocycles. The zero-order chi connectivity index (χ0) is 10.4. The van der Waals surface area contributed by atoms with E-state index in [4.69, 9.17) is 5.73 Å². The zero-order valence-electron chi connectivity index (χ0n) is 9.76. The number of nitrogens with two attached hydrogens (primary N) is 1. The second kappa shape index (κ2) is 6.23. The Morgan fingerprint density at radius 2 is 1.93 bits per heavy atom. The molecule has 0 saturated heterocycles. The van der Waals surface area contributed by atoms with Crippen LogP contribution in [-0.4, -0.2) is 6.54 Å². The molecule has 1 fully saturated rings. The minimum Gasteiger partial charge on any atom is -0.330 e. The fraction of sp³-hybridized carbons (Fsp3) is 0.846. The summed E-state index contributed by atoms with van der Waals surface area (Å²) in [6, 6.07) is 0. The molecule has 2 N–H and O–H groups in total. The van der Waals surface area contributed by atoms with Crippen LogP contribution in [0.5, 0.6) is 0 Å². The Morgan fingerprint density at radius 1 is 1.29 bits per heavy atom. The molecule has 0 amide bonds. The Bertz CT molecular complexity index is 176. The Labute approximate surface area is 88.8 Å². The van der Waals surface area contributed by atoms with Gasteiger partial charge in [0.25, 0.3) is 0 Å². The molecule has 0 radical (unpaired) electrons. The second-order valence-corrected chi connectivity index (χ2v) is 4.65. The Hall–Kier alpha value is -0.300. The van der Waals surface area contributed by atoms with Crippen LogP contribution in [0.2, 0.25) is 0 Å². The van der Waals surface area contributed by atoms with Gasteiger partial charge in [0.05, 0.1) is 0 Å². The Kier molecular flexibility index (Phi) is 5.24. The SMILES string of the molecule is CCC1CCC(C(C)=CCCN)CC1. The third-order valence-corrected chi connectivity index (χ3v) is 3.70. The van der Waals surface area contributed by atoms with E-state index >= 15 is 0 Å².